The molecule has 9 heteroatoms. The van der Waals surface area contributed by atoms with Gasteiger partial charge in [0.2, 0.25) is 0 Å². The second kappa shape index (κ2) is 4.87. The molecule has 7 nitrogen and oxygen atoms in total. The molecule has 2 heterocycles. The van der Waals surface area contributed by atoms with E-state index in [9.17, 15) is 13.2 Å². The zero-order chi connectivity index (χ0) is 13.3. The normalized spacial score (nSPS) is 17.8. The van der Waals surface area contributed by atoms with Crippen molar-refractivity contribution in [3.8, 4) is 0 Å². The average Bonchev–Trinajstić information content (AvgIpc) is 2.74. The fourth-order valence-electron chi connectivity index (χ4n) is 1.93. The molecule has 1 fully saturated rings. The van der Waals surface area contributed by atoms with Gasteiger partial charge >= 0.3 is 5.97 Å². The summed E-state index contributed by atoms with van der Waals surface area (Å²) in [6, 6.07) is -0.213. The Balaban J connectivity index is 2.51. The lowest BCUT2D eigenvalue weighted by Gasteiger charge is -2.23. The molecule has 0 bridgehead atoms. The Morgan fingerprint density at radius 3 is 2.61 bits per heavy atom. The summed E-state index contributed by atoms with van der Waals surface area (Å²) < 4.78 is 29.3. The molecular weight excluding hydrogens is 284 g/mol. The van der Waals surface area contributed by atoms with Gasteiger partial charge < -0.3 is 9.84 Å². The Bertz CT molecular complexity index is 562. The van der Waals surface area contributed by atoms with Crippen LogP contribution in [0.15, 0.2) is 11.2 Å². The fraction of sp³-hybridized carbons (Fsp3) is 0.556. The molecule has 0 amide bonds. The van der Waals surface area contributed by atoms with Crippen molar-refractivity contribution in [3.63, 3.8) is 0 Å². The Morgan fingerprint density at radius 2 is 2.11 bits per heavy atom. The summed E-state index contributed by atoms with van der Waals surface area (Å²) in [6.45, 7) is 0.962. The van der Waals surface area contributed by atoms with Crippen molar-refractivity contribution in [1.82, 2.24) is 9.78 Å². The van der Waals surface area contributed by atoms with E-state index in [4.69, 9.17) is 20.5 Å². The van der Waals surface area contributed by atoms with Gasteiger partial charge in [-0.1, -0.05) is 0 Å². The highest BCUT2D eigenvalue weighted by Crippen LogP contribution is 2.28. The van der Waals surface area contributed by atoms with Gasteiger partial charge in [-0.25, -0.2) is 17.9 Å². The second-order valence-corrected chi connectivity index (χ2v) is 6.38. The SMILES string of the molecule is O=C(O)c1cnn(C2CCOCC2)c1S(=O)(=O)Cl. The minimum absolute atomic E-state index is 0.213. The largest absolute Gasteiger partial charge is 0.478 e. The summed E-state index contributed by atoms with van der Waals surface area (Å²) in [6.07, 6.45) is 2.15. The summed E-state index contributed by atoms with van der Waals surface area (Å²) in [4.78, 5) is 11.0. The quantitative estimate of drug-likeness (QED) is 0.830. The first-order valence-corrected chi connectivity index (χ1v) is 7.55. The minimum atomic E-state index is -4.16. The highest BCUT2D eigenvalue weighted by Gasteiger charge is 2.30. The zero-order valence-electron chi connectivity index (χ0n) is 9.24. The van der Waals surface area contributed by atoms with Crippen LogP contribution in [0, 0.1) is 0 Å². The molecule has 0 radical (unpaired) electrons. The smallest absolute Gasteiger partial charge is 0.340 e. The number of aromatic nitrogens is 2. The van der Waals surface area contributed by atoms with Crippen LogP contribution in [0.5, 0.6) is 0 Å². The lowest BCUT2D eigenvalue weighted by Crippen LogP contribution is -2.23. The van der Waals surface area contributed by atoms with Crippen LogP contribution in [-0.4, -0.2) is 42.5 Å². The van der Waals surface area contributed by atoms with Crippen LogP contribution in [0.1, 0.15) is 29.2 Å². The van der Waals surface area contributed by atoms with Crippen LogP contribution in [0.2, 0.25) is 0 Å². The lowest BCUT2D eigenvalue weighted by molar-refractivity contribution is 0.0629. The first kappa shape index (κ1) is 13.3. The van der Waals surface area contributed by atoms with Gasteiger partial charge in [-0.05, 0) is 12.8 Å². The van der Waals surface area contributed by atoms with Crippen molar-refractivity contribution in [1.29, 1.82) is 0 Å². The monoisotopic (exact) mass is 294 g/mol. The van der Waals surface area contributed by atoms with Gasteiger partial charge in [0.05, 0.1) is 12.2 Å². The van der Waals surface area contributed by atoms with Crippen molar-refractivity contribution in [3.05, 3.63) is 11.8 Å². The Morgan fingerprint density at radius 1 is 1.50 bits per heavy atom. The Hall–Kier alpha value is -1.12. The summed E-state index contributed by atoms with van der Waals surface area (Å²) >= 11 is 0. The molecule has 1 aromatic rings. The van der Waals surface area contributed by atoms with Crippen molar-refractivity contribution < 1.29 is 23.1 Å². The molecule has 0 aliphatic carbocycles. The third-order valence-corrected chi connectivity index (χ3v) is 4.06. The van der Waals surface area contributed by atoms with E-state index in [0.29, 0.717) is 26.1 Å². The molecule has 0 aromatic carbocycles. The van der Waals surface area contributed by atoms with Gasteiger partial charge in [0.25, 0.3) is 9.05 Å². The third kappa shape index (κ3) is 2.50. The molecule has 1 aliphatic rings. The Labute approximate surface area is 108 Å². The van der Waals surface area contributed by atoms with Gasteiger partial charge in [0, 0.05) is 23.9 Å². The molecule has 0 saturated carbocycles. The minimum Gasteiger partial charge on any atom is -0.478 e. The molecular formula is C9H11ClN2O5S. The van der Waals surface area contributed by atoms with Gasteiger partial charge in [0.15, 0.2) is 5.03 Å². The highest BCUT2D eigenvalue weighted by molar-refractivity contribution is 8.13. The van der Waals surface area contributed by atoms with Gasteiger partial charge in [0.1, 0.15) is 5.56 Å². The first-order valence-electron chi connectivity index (χ1n) is 5.24. The topological polar surface area (TPSA) is 98.5 Å². The number of halogens is 1. The third-order valence-electron chi connectivity index (χ3n) is 2.75. The zero-order valence-corrected chi connectivity index (χ0v) is 10.8. The number of nitrogens with zero attached hydrogens (tertiary/aromatic N) is 2. The van der Waals surface area contributed by atoms with Crippen LogP contribution in [0.4, 0.5) is 0 Å². The number of hydrogen-bond acceptors (Lipinski definition) is 5. The van der Waals surface area contributed by atoms with E-state index < -0.39 is 25.6 Å². The van der Waals surface area contributed by atoms with E-state index in [1.807, 2.05) is 0 Å². The van der Waals surface area contributed by atoms with Crippen LogP contribution >= 0.6 is 10.7 Å². The number of aromatic carboxylic acids is 1. The lowest BCUT2D eigenvalue weighted by atomic mass is 10.1. The molecule has 1 N–H and O–H groups in total. The maximum absolute atomic E-state index is 11.5. The standard InChI is InChI=1S/C9H11ClN2O5S/c10-18(15,16)8-7(9(13)14)5-11-12(8)6-1-3-17-4-2-6/h5-6H,1-4H2,(H,13,14). The van der Waals surface area contributed by atoms with E-state index in [1.54, 1.807) is 0 Å². The number of hydrogen-bond donors (Lipinski definition) is 1. The van der Waals surface area contributed by atoms with Gasteiger partial charge in [-0.2, -0.15) is 5.10 Å². The van der Waals surface area contributed by atoms with E-state index in [-0.39, 0.29) is 6.04 Å². The maximum Gasteiger partial charge on any atom is 0.340 e. The molecule has 1 aliphatic heterocycles. The second-order valence-electron chi connectivity index (χ2n) is 3.89. The average molecular weight is 295 g/mol. The number of carbonyl (C=O) groups is 1. The predicted molar refractivity (Wildman–Crippen MR) is 61.3 cm³/mol. The molecule has 1 saturated heterocycles. The number of carboxylic acid groups (broad SMARTS) is 1. The number of rotatable bonds is 3. The first-order chi connectivity index (χ1) is 8.41. The van der Waals surface area contributed by atoms with Crippen LogP contribution < -0.4 is 0 Å². The van der Waals surface area contributed by atoms with Crippen LogP contribution in [0.3, 0.4) is 0 Å². The molecule has 1 aromatic heterocycles. The molecule has 0 atom stereocenters. The summed E-state index contributed by atoms with van der Waals surface area (Å²) in [5.41, 5.74) is -0.406. The van der Waals surface area contributed by atoms with E-state index in [0.717, 1.165) is 6.20 Å². The van der Waals surface area contributed by atoms with Crippen molar-refractivity contribution in [2.24, 2.45) is 0 Å². The maximum atomic E-state index is 11.5. The number of ether oxygens (including phenoxy) is 1. The van der Waals surface area contributed by atoms with E-state index in [1.165, 1.54) is 4.68 Å². The molecule has 18 heavy (non-hydrogen) atoms. The molecule has 0 spiro atoms. The van der Waals surface area contributed by atoms with Crippen molar-refractivity contribution in [2.45, 2.75) is 23.9 Å². The highest BCUT2D eigenvalue weighted by atomic mass is 35.7. The van der Waals surface area contributed by atoms with Gasteiger partial charge in [-0.15, -0.1) is 0 Å². The summed E-state index contributed by atoms with van der Waals surface area (Å²) in [5, 5.41) is 12.3. The number of carboxylic acids is 1. The fourth-order valence-corrected chi connectivity index (χ4v) is 3.21. The van der Waals surface area contributed by atoms with Gasteiger partial charge in [-0.3, -0.25) is 0 Å². The van der Waals surface area contributed by atoms with Crippen molar-refractivity contribution >= 4 is 25.7 Å². The summed E-state index contributed by atoms with van der Waals surface area (Å²) in [5.74, 6) is -1.37. The van der Waals surface area contributed by atoms with E-state index in [2.05, 4.69) is 5.10 Å². The molecule has 100 valence electrons. The Kier molecular flexibility index (Phi) is 3.60. The molecule has 2 rings (SSSR count). The van der Waals surface area contributed by atoms with Crippen molar-refractivity contribution in [2.75, 3.05) is 13.2 Å². The van der Waals surface area contributed by atoms with Crippen LogP contribution in [-0.2, 0) is 13.8 Å². The van der Waals surface area contributed by atoms with E-state index >= 15 is 0 Å². The predicted octanol–water partition coefficient (Wildman–Crippen LogP) is 0.860. The van der Waals surface area contributed by atoms with Crippen LogP contribution in [0.25, 0.3) is 0 Å². The molecule has 0 unspecified atom stereocenters. The summed E-state index contributed by atoms with van der Waals surface area (Å²) in [7, 11) is 1.13.